The monoisotopic (exact) mass is 366 g/mol. The summed E-state index contributed by atoms with van der Waals surface area (Å²) in [4.78, 5) is 27.8. The molecule has 0 aliphatic carbocycles. The standard InChI is InChI=1S/C19H22N6O2/c1-24-18(26)14-5-3-4-6-15(14)23-19(24)25-9-7-13(8-10-25)22-16-11-17(27-2)21-12-20-16/h3-6,11-13H,7-10H2,1-2H3,(H,20,21,22). The van der Waals surface area contributed by atoms with Crippen molar-refractivity contribution in [2.45, 2.75) is 18.9 Å². The van der Waals surface area contributed by atoms with E-state index in [0.29, 0.717) is 17.3 Å². The van der Waals surface area contributed by atoms with Crippen molar-refractivity contribution in [2.75, 3.05) is 30.4 Å². The zero-order valence-electron chi connectivity index (χ0n) is 15.4. The Morgan fingerprint density at radius 1 is 1.19 bits per heavy atom. The summed E-state index contributed by atoms with van der Waals surface area (Å²) in [5.74, 6) is 2.03. The third-order valence-electron chi connectivity index (χ3n) is 4.94. The molecule has 1 saturated heterocycles. The second kappa shape index (κ2) is 7.22. The topological polar surface area (TPSA) is 85.2 Å². The summed E-state index contributed by atoms with van der Waals surface area (Å²) in [6, 6.07) is 9.58. The van der Waals surface area contributed by atoms with Gasteiger partial charge in [-0.05, 0) is 25.0 Å². The van der Waals surface area contributed by atoms with Gasteiger partial charge in [0, 0.05) is 32.2 Å². The maximum atomic E-state index is 12.6. The molecule has 8 nitrogen and oxygen atoms in total. The molecule has 27 heavy (non-hydrogen) atoms. The number of benzene rings is 1. The zero-order chi connectivity index (χ0) is 18.8. The Morgan fingerprint density at radius 3 is 2.74 bits per heavy atom. The lowest BCUT2D eigenvalue weighted by molar-refractivity contribution is 0.397. The second-order valence-electron chi connectivity index (χ2n) is 6.64. The van der Waals surface area contributed by atoms with Gasteiger partial charge >= 0.3 is 0 Å². The first kappa shape index (κ1) is 17.3. The minimum atomic E-state index is -0.0103. The summed E-state index contributed by atoms with van der Waals surface area (Å²) in [6.07, 6.45) is 3.34. The number of fused-ring (bicyclic) bond motifs is 1. The molecule has 0 saturated carbocycles. The van der Waals surface area contributed by atoms with E-state index in [9.17, 15) is 4.79 Å². The van der Waals surface area contributed by atoms with Crippen molar-refractivity contribution in [1.29, 1.82) is 0 Å². The van der Waals surface area contributed by atoms with E-state index in [2.05, 4.69) is 20.2 Å². The summed E-state index contributed by atoms with van der Waals surface area (Å²) < 4.78 is 6.78. The van der Waals surface area contributed by atoms with E-state index in [4.69, 9.17) is 9.72 Å². The van der Waals surface area contributed by atoms with E-state index >= 15 is 0 Å². The molecule has 1 aliphatic heterocycles. The Hall–Kier alpha value is -3.16. The van der Waals surface area contributed by atoms with Crippen molar-refractivity contribution < 1.29 is 4.74 Å². The minimum absolute atomic E-state index is 0.0103. The number of aromatic nitrogens is 4. The summed E-state index contributed by atoms with van der Waals surface area (Å²) in [5.41, 5.74) is 0.729. The van der Waals surface area contributed by atoms with Crippen LogP contribution in [0, 0.1) is 0 Å². The van der Waals surface area contributed by atoms with Gasteiger partial charge in [0.15, 0.2) is 0 Å². The van der Waals surface area contributed by atoms with Crippen molar-refractivity contribution >= 4 is 22.7 Å². The van der Waals surface area contributed by atoms with Crippen LogP contribution in [0.1, 0.15) is 12.8 Å². The maximum Gasteiger partial charge on any atom is 0.262 e. The van der Waals surface area contributed by atoms with Crippen molar-refractivity contribution in [3.05, 3.63) is 47.0 Å². The lowest BCUT2D eigenvalue weighted by Gasteiger charge is -2.34. The second-order valence-corrected chi connectivity index (χ2v) is 6.64. The highest BCUT2D eigenvalue weighted by Gasteiger charge is 2.23. The first-order valence-corrected chi connectivity index (χ1v) is 8.99. The van der Waals surface area contributed by atoms with Crippen molar-refractivity contribution in [3.8, 4) is 5.88 Å². The van der Waals surface area contributed by atoms with Gasteiger partial charge in [-0.3, -0.25) is 9.36 Å². The SMILES string of the molecule is COc1cc(NC2CCN(c3nc4ccccc4c(=O)n3C)CC2)ncn1. The average molecular weight is 366 g/mol. The number of hydrogen-bond acceptors (Lipinski definition) is 7. The molecule has 3 heterocycles. The lowest BCUT2D eigenvalue weighted by Crippen LogP contribution is -2.42. The van der Waals surface area contributed by atoms with Crippen LogP contribution in [0.5, 0.6) is 5.88 Å². The Morgan fingerprint density at radius 2 is 1.96 bits per heavy atom. The van der Waals surface area contributed by atoms with Crippen LogP contribution in [0.4, 0.5) is 11.8 Å². The van der Waals surface area contributed by atoms with Crippen molar-refractivity contribution in [3.63, 3.8) is 0 Å². The molecule has 140 valence electrons. The van der Waals surface area contributed by atoms with E-state index in [1.807, 2.05) is 24.3 Å². The van der Waals surface area contributed by atoms with E-state index in [-0.39, 0.29) is 5.56 Å². The lowest BCUT2D eigenvalue weighted by atomic mass is 10.1. The number of piperidine rings is 1. The van der Waals surface area contributed by atoms with Gasteiger partial charge in [-0.1, -0.05) is 12.1 Å². The number of nitrogens with one attached hydrogen (secondary N) is 1. The highest BCUT2D eigenvalue weighted by molar-refractivity contribution is 5.78. The molecule has 1 fully saturated rings. The van der Waals surface area contributed by atoms with Crippen LogP contribution in [-0.4, -0.2) is 45.8 Å². The molecule has 1 N–H and O–H groups in total. The number of rotatable bonds is 4. The number of ether oxygens (including phenoxy) is 1. The summed E-state index contributed by atoms with van der Waals surface area (Å²) >= 11 is 0. The van der Waals surface area contributed by atoms with Crippen LogP contribution in [0.3, 0.4) is 0 Å². The molecule has 2 aromatic heterocycles. The fourth-order valence-corrected chi connectivity index (χ4v) is 3.45. The maximum absolute atomic E-state index is 12.6. The predicted octanol–water partition coefficient (Wildman–Crippen LogP) is 1.81. The molecule has 1 aliphatic rings. The molecule has 0 spiro atoms. The first-order valence-electron chi connectivity index (χ1n) is 8.99. The third-order valence-corrected chi connectivity index (χ3v) is 4.94. The molecular formula is C19H22N6O2. The highest BCUT2D eigenvalue weighted by atomic mass is 16.5. The normalized spacial score (nSPS) is 15.1. The van der Waals surface area contributed by atoms with Crippen LogP contribution in [-0.2, 0) is 7.05 Å². The van der Waals surface area contributed by atoms with Crippen LogP contribution in [0.2, 0.25) is 0 Å². The molecule has 0 amide bonds. The fraction of sp³-hybridized carbons (Fsp3) is 0.368. The van der Waals surface area contributed by atoms with Gasteiger partial charge < -0.3 is 15.0 Å². The minimum Gasteiger partial charge on any atom is -0.481 e. The van der Waals surface area contributed by atoms with E-state index in [1.165, 1.54) is 6.33 Å². The molecule has 1 aromatic carbocycles. The largest absolute Gasteiger partial charge is 0.481 e. The predicted molar refractivity (Wildman–Crippen MR) is 104 cm³/mol. The summed E-state index contributed by atoms with van der Waals surface area (Å²) in [6.45, 7) is 1.64. The zero-order valence-corrected chi connectivity index (χ0v) is 15.4. The van der Waals surface area contributed by atoms with E-state index < -0.39 is 0 Å². The number of nitrogens with zero attached hydrogens (tertiary/aromatic N) is 5. The van der Waals surface area contributed by atoms with Gasteiger partial charge in [0.1, 0.15) is 12.1 Å². The van der Waals surface area contributed by atoms with Gasteiger partial charge in [0.05, 0.1) is 18.0 Å². The first-order chi connectivity index (χ1) is 13.2. The van der Waals surface area contributed by atoms with E-state index in [0.717, 1.165) is 43.2 Å². The molecule has 0 radical (unpaired) electrons. The number of anilines is 2. The van der Waals surface area contributed by atoms with Crippen molar-refractivity contribution in [1.82, 2.24) is 19.5 Å². The summed E-state index contributed by atoms with van der Waals surface area (Å²) in [5, 5.41) is 4.09. The van der Waals surface area contributed by atoms with E-state index in [1.54, 1.807) is 24.8 Å². The molecule has 4 rings (SSSR count). The van der Waals surface area contributed by atoms with Crippen LogP contribution in [0.25, 0.3) is 10.9 Å². The average Bonchev–Trinajstić information content (AvgIpc) is 2.71. The molecule has 8 heteroatoms. The van der Waals surface area contributed by atoms with Gasteiger partial charge in [-0.2, -0.15) is 0 Å². The van der Waals surface area contributed by atoms with Gasteiger partial charge in [-0.15, -0.1) is 0 Å². The Kier molecular flexibility index (Phi) is 4.62. The molecular weight excluding hydrogens is 344 g/mol. The number of methoxy groups -OCH3 is 1. The van der Waals surface area contributed by atoms with Gasteiger partial charge in [0.25, 0.3) is 5.56 Å². The molecule has 0 bridgehead atoms. The fourth-order valence-electron chi connectivity index (χ4n) is 3.45. The molecule has 0 atom stereocenters. The van der Waals surface area contributed by atoms with Crippen molar-refractivity contribution in [2.24, 2.45) is 7.05 Å². The molecule has 0 unspecified atom stereocenters. The Bertz CT molecular complexity index is 1010. The van der Waals surface area contributed by atoms with Crippen LogP contribution >= 0.6 is 0 Å². The highest BCUT2D eigenvalue weighted by Crippen LogP contribution is 2.21. The number of hydrogen-bond donors (Lipinski definition) is 1. The Balaban J connectivity index is 1.48. The van der Waals surface area contributed by atoms with Crippen LogP contribution < -0.4 is 20.5 Å². The van der Waals surface area contributed by atoms with Gasteiger partial charge in [-0.25, -0.2) is 15.0 Å². The third kappa shape index (κ3) is 3.42. The quantitative estimate of drug-likeness (QED) is 0.754. The van der Waals surface area contributed by atoms with Crippen LogP contribution in [0.15, 0.2) is 41.5 Å². The number of para-hydroxylation sites is 1. The summed E-state index contributed by atoms with van der Waals surface area (Å²) in [7, 11) is 3.38. The molecule has 3 aromatic rings. The smallest absolute Gasteiger partial charge is 0.262 e. The van der Waals surface area contributed by atoms with Gasteiger partial charge in [0.2, 0.25) is 11.8 Å². The Labute approximate surface area is 156 Å².